The highest BCUT2D eigenvalue weighted by Crippen LogP contribution is 2.23. The van der Waals surface area contributed by atoms with E-state index in [0.29, 0.717) is 6.54 Å². The summed E-state index contributed by atoms with van der Waals surface area (Å²) in [5.41, 5.74) is 2.41. The third-order valence-corrected chi connectivity index (χ3v) is 2.37. The van der Waals surface area contributed by atoms with Crippen molar-refractivity contribution in [3.05, 3.63) is 35.4 Å². The highest BCUT2D eigenvalue weighted by molar-refractivity contribution is 5.85. The normalized spacial score (nSPS) is 21.4. The predicted molar refractivity (Wildman–Crippen MR) is 46.7 cm³/mol. The fourth-order valence-corrected chi connectivity index (χ4v) is 1.59. The zero-order valence-electron chi connectivity index (χ0n) is 7.00. The van der Waals surface area contributed by atoms with Crippen LogP contribution in [0.25, 0.3) is 0 Å². The van der Waals surface area contributed by atoms with Gasteiger partial charge in [0, 0.05) is 6.54 Å². The molecule has 1 heterocycles. The molecule has 0 aliphatic carbocycles. The molecule has 2 heteroatoms. The molecule has 0 spiro atoms. The van der Waals surface area contributed by atoms with Gasteiger partial charge in [-0.25, -0.2) is 0 Å². The first-order chi connectivity index (χ1) is 5.79. The van der Waals surface area contributed by atoms with E-state index < -0.39 is 0 Å². The first kappa shape index (κ1) is 7.35. The molecule has 0 saturated heterocycles. The summed E-state index contributed by atoms with van der Waals surface area (Å²) < 4.78 is 0. The van der Waals surface area contributed by atoms with Gasteiger partial charge in [-0.2, -0.15) is 0 Å². The standard InChI is InChI=1S/C10H11NO/c1-7-9-5-3-2-4-8(9)6-11-10(7)12/h2-5,7H,6H2,1H3,(H,11,12). The molecule has 1 N–H and O–H groups in total. The Morgan fingerprint density at radius 2 is 2.17 bits per heavy atom. The summed E-state index contributed by atoms with van der Waals surface area (Å²) in [6.07, 6.45) is 0. The molecule has 1 aliphatic heterocycles. The number of rotatable bonds is 0. The minimum absolute atomic E-state index is 0.00921. The molecule has 1 aliphatic rings. The molecule has 2 nitrogen and oxygen atoms in total. The van der Waals surface area contributed by atoms with Gasteiger partial charge in [-0.3, -0.25) is 4.79 Å². The summed E-state index contributed by atoms with van der Waals surface area (Å²) in [6, 6.07) is 8.07. The van der Waals surface area contributed by atoms with Crippen LogP contribution in [0.1, 0.15) is 24.0 Å². The molecule has 1 atom stereocenters. The van der Waals surface area contributed by atoms with E-state index in [1.165, 1.54) is 11.1 Å². The van der Waals surface area contributed by atoms with E-state index in [2.05, 4.69) is 11.4 Å². The molecule has 12 heavy (non-hydrogen) atoms. The third-order valence-electron chi connectivity index (χ3n) is 2.37. The van der Waals surface area contributed by atoms with Crippen molar-refractivity contribution in [2.75, 3.05) is 0 Å². The van der Waals surface area contributed by atoms with Crippen LogP contribution in [0.3, 0.4) is 0 Å². The summed E-state index contributed by atoms with van der Waals surface area (Å²) >= 11 is 0. The number of amides is 1. The van der Waals surface area contributed by atoms with Crippen LogP contribution in [0.4, 0.5) is 0 Å². The molecule has 1 aromatic rings. The van der Waals surface area contributed by atoms with E-state index in [1.54, 1.807) is 0 Å². The van der Waals surface area contributed by atoms with Crippen LogP contribution >= 0.6 is 0 Å². The Balaban J connectivity index is 2.48. The van der Waals surface area contributed by atoms with Crippen LogP contribution in [0, 0.1) is 0 Å². The van der Waals surface area contributed by atoms with E-state index in [0.717, 1.165) is 0 Å². The van der Waals surface area contributed by atoms with Crippen LogP contribution in [0.15, 0.2) is 24.3 Å². The largest absolute Gasteiger partial charge is 0.351 e. The SMILES string of the molecule is CC1C(=O)NCc2ccccc21. The van der Waals surface area contributed by atoms with Crippen molar-refractivity contribution in [2.24, 2.45) is 0 Å². The number of nitrogens with one attached hydrogen (secondary N) is 1. The van der Waals surface area contributed by atoms with Crippen LogP contribution in [-0.2, 0) is 11.3 Å². The number of fused-ring (bicyclic) bond motifs is 1. The lowest BCUT2D eigenvalue weighted by Gasteiger charge is -2.21. The third kappa shape index (κ3) is 0.998. The van der Waals surface area contributed by atoms with Gasteiger partial charge in [-0.15, -0.1) is 0 Å². The highest BCUT2D eigenvalue weighted by Gasteiger charge is 2.21. The number of hydrogen-bond donors (Lipinski definition) is 1. The molecule has 1 unspecified atom stereocenters. The van der Waals surface area contributed by atoms with E-state index in [-0.39, 0.29) is 11.8 Å². The molecule has 0 aromatic heterocycles. The molecule has 0 bridgehead atoms. The molecule has 62 valence electrons. The summed E-state index contributed by atoms with van der Waals surface area (Å²) in [4.78, 5) is 11.2. The van der Waals surface area contributed by atoms with E-state index in [1.807, 2.05) is 25.1 Å². The van der Waals surface area contributed by atoms with Gasteiger partial charge in [0.2, 0.25) is 5.91 Å². The Morgan fingerprint density at radius 1 is 1.42 bits per heavy atom. The van der Waals surface area contributed by atoms with Crippen LogP contribution in [0.5, 0.6) is 0 Å². The van der Waals surface area contributed by atoms with Crippen molar-refractivity contribution >= 4 is 5.91 Å². The second-order valence-corrected chi connectivity index (χ2v) is 3.14. The first-order valence-electron chi connectivity index (χ1n) is 4.14. The van der Waals surface area contributed by atoms with Gasteiger partial charge >= 0.3 is 0 Å². The monoisotopic (exact) mass is 161 g/mol. The number of hydrogen-bond acceptors (Lipinski definition) is 1. The minimum Gasteiger partial charge on any atom is -0.351 e. The number of carbonyl (C=O) groups excluding carboxylic acids is 1. The Labute approximate surface area is 71.6 Å². The molecule has 1 aromatic carbocycles. The van der Waals surface area contributed by atoms with Crippen molar-refractivity contribution in [2.45, 2.75) is 19.4 Å². The van der Waals surface area contributed by atoms with E-state index >= 15 is 0 Å². The Hall–Kier alpha value is -1.31. The topological polar surface area (TPSA) is 29.1 Å². The maximum Gasteiger partial charge on any atom is 0.227 e. The van der Waals surface area contributed by atoms with Crippen LogP contribution in [-0.4, -0.2) is 5.91 Å². The van der Waals surface area contributed by atoms with Gasteiger partial charge in [-0.1, -0.05) is 24.3 Å². The van der Waals surface area contributed by atoms with Crippen molar-refractivity contribution in [1.82, 2.24) is 5.32 Å². The van der Waals surface area contributed by atoms with Gasteiger partial charge in [0.05, 0.1) is 5.92 Å². The van der Waals surface area contributed by atoms with Gasteiger partial charge < -0.3 is 5.32 Å². The highest BCUT2D eigenvalue weighted by atomic mass is 16.1. The molecular weight excluding hydrogens is 150 g/mol. The predicted octanol–water partition coefficient (Wildman–Crippen LogP) is 1.42. The summed E-state index contributed by atoms with van der Waals surface area (Å²) in [5.74, 6) is 0.142. The Morgan fingerprint density at radius 3 is 3.00 bits per heavy atom. The summed E-state index contributed by atoms with van der Waals surface area (Å²) in [6.45, 7) is 2.62. The average molecular weight is 161 g/mol. The molecule has 0 fully saturated rings. The van der Waals surface area contributed by atoms with Crippen molar-refractivity contribution in [3.63, 3.8) is 0 Å². The lowest BCUT2D eigenvalue weighted by atomic mass is 9.92. The maximum absolute atomic E-state index is 11.2. The number of carbonyl (C=O) groups is 1. The summed E-state index contributed by atoms with van der Waals surface area (Å²) in [7, 11) is 0. The fraction of sp³-hybridized carbons (Fsp3) is 0.300. The maximum atomic E-state index is 11.2. The van der Waals surface area contributed by atoms with Crippen molar-refractivity contribution in [1.29, 1.82) is 0 Å². The fourth-order valence-electron chi connectivity index (χ4n) is 1.59. The zero-order valence-corrected chi connectivity index (χ0v) is 7.00. The van der Waals surface area contributed by atoms with Crippen LogP contribution < -0.4 is 5.32 Å². The quantitative estimate of drug-likeness (QED) is 0.612. The summed E-state index contributed by atoms with van der Waals surface area (Å²) in [5, 5.41) is 2.85. The zero-order chi connectivity index (χ0) is 8.55. The van der Waals surface area contributed by atoms with Gasteiger partial charge in [0.1, 0.15) is 0 Å². The first-order valence-corrected chi connectivity index (χ1v) is 4.14. The van der Waals surface area contributed by atoms with Crippen molar-refractivity contribution < 1.29 is 4.79 Å². The lowest BCUT2D eigenvalue weighted by molar-refractivity contribution is -0.122. The van der Waals surface area contributed by atoms with Gasteiger partial charge in [-0.05, 0) is 18.1 Å². The van der Waals surface area contributed by atoms with E-state index in [4.69, 9.17) is 0 Å². The molecule has 0 radical (unpaired) electrons. The van der Waals surface area contributed by atoms with Crippen LogP contribution in [0.2, 0.25) is 0 Å². The Kier molecular flexibility index (Phi) is 1.61. The smallest absolute Gasteiger partial charge is 0.227 e. The van der Waals surface area contributed by atoms with Crippen molar-refractivity contribution in [3.8, 4) is 0 Å². The average Bonchev–Trinajstić information content (AvgIpc) is 2.12. The Bertz CT molecular complexity index is 319. The van der Waals surface area contributed by atoms with Gasteiger partial charge in [0.15, 0.2) is 0 Å². The second kappa shape index (κ2) is 2.63. The molecule has 2 rings (SSSR count). The van der Waals surface area contributed by atoms with Gasteiger partial charge in [0.25, 0.3) is 0 Å². The lowest BCUT2D eigenvalue weighted by Crippen LogP contribution is -2.33. The molecule has 0 saturated carbocycles. The van der Waals surface area contributed by atoms with E-state index in [9.17, 15) is 4.79 Å². The molecule has 1 amide bonds. The number of benzene rings is 1. The molecular formula is C10H11NO. The second-order valence-electron chi connectivity index (χ2n) is 3.14. The minimum atomic E-state index is 0.00921.